The lowest BCUT2D eigenvalue weighted by molar-refractivity contribution is 0.0600. The average molecular weight is 351 g/mol. The van der Waals surface area contributed by atoms with Crippen LogP contribution >= 0.6 is 0 Å². The lowest BCUT2D eigenvalue weighted by Crippen LogP contribution is -2.19. The molecular formula is C24H30O2. The van der Waals surface area contributed by atoms with Gasteiger partial charge in [0.25, 0.3) is 0 Å². The van der Waals surface area contributed by atoms with Gasteiger partial charge in [-0.2, -0.15) is 0 Å². The molecular weight excluding hydrogens is 320 g/mol. The fourth-order valence-corrected chi connectivity index (χ4v) is 3.44. The van der Waals surface area contributed by atoms with E-state index in [1.165, 1.54) is 43.1 Å². The third-order valence-electron chi connectivity index (χ3n) is 5.03. The number of carbonyl (C=O) groups excluding carboxylic acids is 1. The van der Waals surface area contributed by atoms with Crippen molar-refractivity contribution in [3.8, 4) is 0 Å². The highest BCUT2D eigenvalue weighted by molar-refractivity contribution is 5.89. The molecule has 1 aliphatic carbocycles. The van der Waals surface area contributed by atoms with Crippen molar-refractivity contribution < 1.29 is 9.53 Å². The van der Waals surface area contributed by atoms with Crippen LogP contribution in [0.5, 0.6) is 0 Å². The van der Waals surface area contributed by atoms with E-state index in [2.05, 4.69) is 45.9 Å². The Balaban J connectivity index is 2.03. The summed E-state index contributed by atoms with van der Waals surface area (Å²) in [4.78, 5) is 11.4. The number of carbonyl (C=O) groups is 1. The Morgan fingerprint density at radius 3 is 2.46 bits per heavy atom. The molecule has 26 heavy (non-hydrogen) atoms. The Bertz CT molecular complexity index is 756. The van der Waals surface area contributed by atoms with Crippen molar-refractivity contribution in [3.05, 3.63) is 76.4 Å². The van der Waals surface area contributed by atoms with E-state index >= 15 is 0 Å². The molecule has 1 aliphatic rings. The van der Waals surface area contributed by atoms with Crippen LogP contribution in [0.25, 0.3) is 6.08 Å². The summed E-state index contributed by atoms with van der Waals surface area (Å²) >= 11 is 0. The van der Waals surface area contributed by atoms with E-state index in [0.717, 1.165) is 5.56 Å². The molecule has 0 spiro atoms. The predicted octanol–water partition coefficient (Wildman–Crippen LogP) is 6.52. The summed E-state index contributed by atoms with van der Waals surface area (Å²) in [5.41, 5.74) is 6.12. The van der Waals surface area contributed by atoms with E-state index in [4.69, 9.17) is 4.74 Å². The van der Waals surface area contributed by atoms with Gasteiger partial charge in [0.05, 0.1) is 12.7 Å². The quantitative estimate of drug-likeness (QED) is 0.446. The lowest BCUT2D eigenvalue weighted by atomic mass is 9.72. The molecule has 0 aliphatic heterocycles. The topological polar surface area (TPSA) is 26.3 Å². The maximum absolute atomic E-state index is 11.4. The number of benzene rings is 1. The minimum absolute atomic E-state index is 0.274. The Hall–Kier alpha value is -2.35. The SMILES string of the molecule is COC(=O)c1ccc(C=CC=C(C)C=CC2=C(C)CCCC2(C)C)cc1. The number of hydrogen-bond acceptors (Lipinski definition) is 2. The molecule has 0 saturated heterocycles. The summed E-state index contributed by atoms with van der Waals surface area (Å²) in [6, 6.07) is 7.39. The highest BCUT2D eigenvalue weighted by atomic mass is 16.5. The molecule has 2 rings (SSSR count). The Morgan fingerprint density at radius 1 is 1.15 bits per heavy atom. The van der Waals surface area contributed by atoms with Crippen LogP contribution in [0.1, 0.15) is 62.9 Å². The maximum Gasteiger partial charge on any atom is 0.337 e. The van der Waals surface area contributed by atoms with Gasteiger partial charge in [0.15, 0.2) is 0 Å². The normalized spacial score (nSPS) is 18.0. The Kier molecular flexibility index (Phi) is 6.79. The van der Waals surface area contributed by atoms with Crippen LogP contribution in [0.4, 0.5) is 0 Å². The molecule has 1 aromatic carbocycles. The summed E-state index contributed by atoms with van der Waals surface area (Å²) < 4.78 is 4.71. The number of esters is 1. The molecule has 0 unspecified atom stereocenters. The second kappa shape index (κ2) is 8.84. The summed E-state index contributed by atoms with van der Waals surface area (Å²) in [7, 11) is 1.39. The first-order valence-corrected chi connectivity index (χ1v) is 9.25. The van der Waals surface area contributed by atoms with Gasteiger partial charge in [0.1, 0.15) is 0 Å². The fourth-order valence-electron chi connectivity index (χ4n) is 3.44. The van der Waals surface area contributed by atoms with Gasteiger partial charge in [-0.25, -0.2) is 4.79 Å². The van der Waals surface area contributed by atoms with E-state index < -0.39 is 0 Å². The van der Waals surface area contributed by atoms with E-state index in [0.29, 0.717) is 5.56 Å². The molecule has 1 aromatic rings. The van der Waals surface area contributed by atoms with Gasteiger partial charge in [-0.1, -0.05) is 67.5 Å². The molecule has 0 radical (unpaired) electrons. The Morgan fingerprint density at radius 2 is 1.85 bits per heavy atom. The predicted molar refractivity (Wildman–Crippen MR) is 110 cm³/mol. The summed E-state index contributed by atoms with van der Waals surface area (Å²) in [6.07, 6.45) is 14.4. The van der Waals surface area contributed by atoms with Gasteiger partial charge >= 0.3 is 5.97 Å². The monoisotopic (exact) mass is 350 g/mol. The zero-order valence-electron chi connectivity index (χ0n) is 16.6. The van der Waals surface area contributed by atoms with Crippen molar-refractivity contribution in [2.45, 2.75) is 47.0 Å². The summed E-state index contributed by atoms with van der Waals surface area (Å²) in [5.74, 6) is -0.309. The van der Waals surface area contributed by atoms with Crippen molar-refractivity contribution in [2.75, 3.05) is 7.11 Å². The molecule has 0 atom stereocenters. The van der Waals surface area contributed by atoms with Gasteiger partial charge in [-0.05, 0) is 61.8 Å². The zero-order chi connectivity index (χ0) is 19.2. The highest BCUT2D eigenvalue weighted by Gasteiger charge is 2.26. The largest absolute Gasteiger partial charge is 0.465 e. The lowest BCUT2D eigenvalue weighted by Gasteiger charge is -2.32. The van der Waals surface area contributed by atoms with Crippen LogP contribution in [0.3, 0.4) is 0 Å². The smallest absolute Gasteiger partial charge is 0.337 e. The van der Waals surface area contributed by atoms with E-state index in [1.54, 1.807) is 12.1 Å². The highest BCUT2D eigenvalue weighted by Crippen LogP contribution is 2.40. The number of methoxy groups -OCH3 is 1. The van der Waals surface area contributed by atoms with Crippen molar-refractivity contribution >= 4 is 12.0 Å². The molecule has 138 valence electrons. The first-order chi connectivity index (χ1) is 12.3. The molecule has 2 heteroatoms. The fraction of sp³-hybridized carbons (Fsp3) is 0.375. The van der Waals surface area contributed by atoms with Crippen molar-refractivity contribution in [1.82, 2.24) is 0 Å². The zero-order valence-corrected chi connectivity index (χ0v) is 16.6. The molecule has 0 fully saturated rings. The molecule has 0 saturated carbocycles. The summed E-state index contributed by atoms with van der Waals surface area (Å²) in [6.45, 7) is 9.06. The molecule has 0 bridgehead atoms. The molecule has 0 amide bonds. The standard InChI is InChI=1S/C24H30O2/c1-18(11-16-22-19(2)9-7-17-24(22,3)4)8-6-10-20-12-14-21(15-13-20)23(25)26-5/h6,8,10-16H,7,9,17H2,1-5H3. The van der Waals surface area contributed by atoms with Crippen molar-refractivity contribution in [1.29, 1.82) is 0 Å². The van der Waals surface area contributed by atoms with E-state index in [9.17, 15) is 4.79 Å². The molecule has 0 aromatic heterocycles. The van der Waals surface area contributed by atoms with Gasteiger partial charge in [0, 0.05) is 0 Å². The van der Waals surface area contributed by atoms with E-state index in [1.807, 2.05) is 24.3 Å². The third-order valence-corrected chi connectivity index (χ3v) is 5.03. The number of allylic oxidation sites excluding steroid dienone is 7. The van der Waals surface area contributed by atoms with Gasteiger partial charge in [-0.3, -0.25) is 0 Å². The van der Waals surface area contributed by atoms with Gasteiger partial charge in [0.2, 0.25) is 0 Å². The minimum atomic E-state index is -0.309. The number of ether oxygens (including phenoxy) is 1. The first kappa shape index (κ1) is 20.0. The van der Waals surface area contributed by atoms with E-state index in [-0.39, 0.29) is 11.4 Å². The van der Waals surface area contributed by atoms with Crippen molar-refractivity contribution in [3.63, 3.8) is 0 Å². The second-order valence-corrected chi connectivity index (χ2v) is 7.65. The first-order valence-electron chi connectivity index (χ1n) is 9.25. The van der Waals surface area contributed by atoms with Crippen LogP contribution < -0.4 is 0 Å². The van der Waals surface area contributed by atoms with Crippen molar-refractivity contribution in [2.24, 2.45) is 5.41 Å². The Labute approximate surface area is 158 Å². The summed E-state index contributed by atoms with van der Waals surface area (Å²) in [5, 5.41) is 0. The van der Waals surface area contributed by atoms with Crippen LogP contribution in [0, 0.1) is 5.41 Å². The molecule has 0 heterocycles. The molecule has 2 nitrogen and oxygen atoms in total. The maximum atomic E-state index is 11.4. The minimum Gasteiger partial charge on any atom is -0.465 e. The number of rotatable bonds is 5. The average Bonchev–Trinajstić information content (AvgIpc) is 2.60. The van der Waals surface area contributed by atoms with Crippen LogP contribution in [0.2, 0.25) is 0 Å². The van der Waals surface area contributed by atoms with Gasteiger partial charge < -0.3 is 4.74 Å². The molecule has 0 N–H and O–H groups in total. The number of hydrogen-bond donors (Lipinski definition) is 0. The van der Waals surface area contributed by atoms with Gasteiger partial charge in [-0.15, -0.1) is 0 Å². The third kappa shape index (κ3) is 5.32. The van der Waals surface area contributed by atoms with Crippen LogP contribution in [-0.2, 0) is 4.74 Å². The van der Waals surface area contributed by atoms with Crippen LogP contribution in [-0.4, -0.2) is 13.1 Å². The van der Waals surface area contributed by atoms with Crippen LogP contribution in [0.15, 0.2) is 65.3 Å². The second-order valence-electron chi connectivity index (χ2n) is 7.65.